The van der Waals surface area contributed by atoms with E-state index in [0.29, 0.717) is 18.0 Å². The number of non-ortho nitro benzene ring substituents is 1. The molecule has 0 fully saturated rings. The summed E-state index contributed by atoms with van der Waals surface area (Å²) in [6.07, 6.45) is 0. The average molecular weight is 362 g/mol. The van der Waals surface area contributed by atoms with Gasteiger partial charge in [-0.25, -0.2) is 0 Å². The van der Waals surface area contributed by atoms with E-state index in [2.05, 4.69) is 10.6 Å². The molecule has 0 atom stereocenters. The van der Waals surface area contributed by atoms with Gasteiger partial charge in [0.05, 0.1) is 22.5 Å². The van der Waals surface area contributed by atoms with Gasteiger partial charge in [-0.15, -0.1) is 0 Å². The zero-order valence-corrected chi connectivity index (χ0v) is 13.9. The van der Waals surface area contributed by atoms with Gasteiger partial charge in [0.15, 0.2) is 5.11 Å². The largest absolute Gasteiger partial charge is 0.494 e. The molecule has 0 heterocycles. The Balaban J connectivity index is 2.16. The molecule has 0 radical (unpaired) electrons. The summed E-state index contributed by atoms with van der Waals surface area (Å²) >= 11 is 5.11. The van der Waals surface area contributed by atoms with Crippen LogP contribution in [0.3, 0.4) is 0 Å². The van der Waals surface area contributed by atoms with E-state index < -0.39 is 9.85 Å². The molecule has 0 bridgehead atoms. The van der Waals surface area contributed by atoms with Gasteiger partial charge in [0.1, 0.15) is 11.4 Å². The van der Waals surface area contributed by atoms with Crippen molar-refractivity contribution in [1.29, 1.82) is 0 Å². The zero-order chi connectivity index (χ0) is 18.4. The lowest BCUT2D eigenvalue weighted by molar-refractivity contribution is -0.384. The standard InChI is InChI=1S/C15H14N4O5S/c1-2-24-12-6-7-13(14(9-12)19(22)23)17-15(25)16-10-4-3-5-11(8-10)18(20)21/h3-9H,2H2,1H3,(H2,16,17,25). The topological polar surface area (TPSA) is 120 Å². The fraction of sp³-hybridized carbons (Fsp3) is 0.133. The first-order valence-corrected chi connectivity index (χ1v) is 7.55. The molecule has 2 N–H and O–H groups in total. The van der Waals surface area contributed by atoms with Crippen LogP contribution in [0.2, 0.25) is 0 Å². The van der Waals surface area contributed by atoms with E-state index in [1.165, 1.54) is 30.3 Å². The summed E-state index contributed by atoms with van der Waals surface area (Å²) < 4.78 is 5.24. The van der Waals surface area contributed by atoms with Crippen molar-refractivity contribution in [2.45, 2.75) is 6.92 Å². The second-order valence-corrected chi connectivity index (χ2v) is 5.16. The van der Waals surface area contributed by atoms with E-state index in [1.54, 1.807) is 19.1 Å². The molecule has 0 saturated heterocycles. The Morgan fingerprint density at radius 3 is 2.52 bits per heavy atom. The van der Waals surface area contributed by atoms with Gasteiger partial charge in [0, 0.05) is 17.8 Å². The number of rotatable bonds is 6. The molecule has 0 aromatic heterocycles. The molecule has 2 aromatic rings. The van der Waals surface area contributed by atoms with Crippen LogP contribution in [-0.4, -0.2) is 21.6 Å². The Labute approximate surface area is 147 Å². The van der Waals surface area contributed by atoms with E-state index in [9.17, 15) is 20.2 Å². The summed E-state index contributed by atoms with van der Waals surface area (Å²) in [5.74, 6) is 0.373. The van der Waals surface area contributed by atoms with E-state index in [-0.39, 0.29) is 22.2 Å². The number of nitrogens with zero attached hydrogens (tertiary/aromatic N) is 2. The fourth-order valence-electron chi connectivity index (χ4n) is 2.01. The van der Waals surface area contributed by atoms with Gasteiger partial charge in [-0.05, 0) is 37.3 Å². The Hall–Kier alpha value is -3.27. The maximum absolute atomic E-state index is 11.2. The summed E-state index contributed by atoms with van der Waals surface area (Å²) in [7, 11) is 0. The third-order valence-corrected chi connectivity index (χ3v) is 3.24. The number of nitro groups is 2. The molecule has 0 aliphatic carbocycles. The molecule has 2 aromatic carbocycles. The minimum atomic E-state index is -0.555. The fourth-order valence-corrected chi connectivity index (χ4v) is 2.23. The third-order valence-electron chi connectivity index (χ3n) is 3.04. The molecule has 9 nitrogen and oxygen atoms in total. The number of nitrogens with one attached hydrogen (secondary N) is 2. The summed E-state index contributed by atoms with van der Waals surface area (Å²) in [4.78, 5) is 20.9. The minimum Gasteiger partial charge on any atom is -0.494 e. The molecular formula is C15H14N4O5S. The molecule has 0 spiro atoms. The van der Waals surface area contributed by atoms with Gasteiger partial charge in [0.2, 0.25) is 0 Å². The van der Waals surface area contributed by atoms with Crippen LogP contribution in [0.25, 0.3) is 0 Å². The first-order chi connectivity index (χ1) is 11.9. The van der Waals surface area contributed by atoms with Crippen molar-refractivity contribution in [3.63, 3.8) is 0 Å². The summed E-state index contributed by atoms with van der Waals surface area (Å²) in [5, 5.41) is 27.5. The van der Waals surface area contributed by atoms with E-state index in [1.807, 2.05) is 0 Å². The van der Waals surface area contributed by atoms with Gasteiger partial charge in [0.25, 0.3) is 11.4 Å². The zero-order valence-electron chi connectivity index (χ0n) is 13.1. The van der Waals surface area contributed by atoms with E-state index in [4.69, 9.17) is 17.0 Å². The molecule has 0 unspecified atom stereocenters. The van der Waals surface area contributed by atoms with Crippen LogP contribution in [0.4, 0.5) is 22.7 Å². The van der Waals surface area contributed by atoms with Crippen LogP contribution in [0.5, 0.6) is 5.75 Å². The van der Waals surface area contributed by atoms with Crippen LogP contribution in [0.1, 0.15) is 6.92 Å². The summed E-state index contributed by atoms with van der Waals surface area (Å²) in [6, 6.07) is 10.1. The first kappa shape index (κ1) is 18.1. The Morgan fingerprint density at radius 2 is 1.88 bits per heavy atom. The lowest BCUT2D eigenvalue weighted by atomic mass is 10.2. The Morgan fingerprint density at radius 1 is 1.12 bits per heavy atom. The molecule has 0 aliphatic heterocycles. The van der Waals surface area contributed by atoms with Crippen molar-refractivity contribution in [3.05, 3.63) is 62.7 Å². The van der Waals surface area contributed by atoms with Crippen molar-refractivity contribution in [2.75, 3.05) is 17.2 Å². The van der Waals surface area contributed by atoms with Gasteiger partial charge >= 0.3 is 0 Å². The third kappa shape index (κ3) is 4.85. The lowest BCUT2D eigenvalue weighted by Crippen LogP contribution is -2.19. The number of hydrogen-bond acceptors (Lipinski definition) is 6. The highest BCUT2D eigenvalue weighted by atomic mass is 32.1. The van der Waals surface area contributed by atoms with Crippen molar-refractivity contribution in [1.82, 2.24) is 0 Å². The van der Waals surface area contributed by atoms with Crippen LogP contribution in [-0.2, 0) is 0 Å². The van der Waals surface area contributed by atoms with Crippen LogP contribution < -0.4 is 15.4 Å². The molecule has 2 rings (SSSR count). The maximum Gasteiger partial charge on any atom is 0.296 e. The second kappa shape index (κ2) is 8.02. The van der Waals surface area contributed by atoms with Gasteiger partial charge in [-0.2, -0.15) is 0 Å². The van der Waals surface area contributed by atoms with Gasteiger partial charge < -0.3 is 15.4 Å². The molecule has 0 saturated carbocycles. The van der Waals surface area contributed by atoms with Crippen LogP contribution >= 0.6 is 12.2 Å². The van der Waals surface area contributed by atoms with E-state index >= 15 is 0 Å². The monoisotopic (exact) mass is 362 g/mol. The number of ether oxygens (including phenoxy) is 1. The first-order valence-electron chi connectivity index (χ1n) is 7.14. The second-order valence-electron chi connectivity index (χ2n) is 4.76. The predicted octanol–water partition coefficient (Wildman–Crippen LogP) is 3.71. The molecule has 25 heavy (non-hydrogen) atoms. The van der Waals surface area contributed by atoms with E-state index in [0.717, 1.165) is 0 Å². The number of nitro benzene ring substituents is 2. The van der Waals surface area contributed by atoms with Crippen LogP contribution in [0.15, 0.2) is 42.5 Å². The number of thiocarbonyl (C=S) groups is 1. The predicted molar refractivity (Wildman–Crippen MR) is 97.2 cm³/mol. The SMILES string of the molecule is CCOc1ccc(NC(=S)Nc2cccc([N+](=O)[O-])c2)c([N+](=O)[O-])c1. The summed E-state index contributed by atoms with van der Waals surface area (Å²) in [5.41, 5.74) is 0.269. The van der Waals surface area contributed by atoms with Crippen molar-refractivity contribution >= 4 is 40.1 Å². The average Bonchev–Trinajstić information content (AvgIpc) is 2.56. The van der Waals surface area contributed by atoms with Gasteiger partial charge in [-0.1, -0.05) is 6.07 Å². The van der Waals surface area contributed by atoms with Crippen molar-refractivity contribution < 1.29 is 14.6 Å². The molecule has 0 aliphatic rings. The highest BCUT2D eigenvalue weighted by Gasteiger charge is 2.16. The maximum atomic E-state index is 11.2. The van der Waals surface area contributed by atoms with Crippen molar-refractivity contribution in [3.8, 4) is 5.75 Å². The van der Waals surface area contributed by atoms with Crippen molar-refractivity contribution in [2.24, 2.45) is 0 Å². The molecule has 0 amide bonds. The Bertz CT molecular complexity index is 827. The number of anilines is 2. The highest BCUT2D eigenvalue weighted by Crippen LogP contribution is 2.29. The summed E-state index contributed by atoms with van der Waals surface area (Å²) in [6.45, 7) is 2.16. The number of hydrogen-bond donors (Lipinski definition) is 2. The smallest absolute Gasteiger partial charge is 0.296 e. The van der Waals surface area contributed by atoms with Gasteiger partial charge in [-0.3, -0.25) is 20.2 Å². The van der Waals surface area contributed by atoms with Crippen LogP contribution in [0, 0.1) is 20.2 Å². The normalized spacial score (nSPS) is 9.96. The molecule has 10 heteroatoms. The lowest BCUT2D eigenvalue weighted by Gasteiger charge is -2.11. The quantitative estimate of drug-likeness (QED) is 0.453. The minimum absolute atomic E-state index is 0.0627. The Kier molecular flexibility index (Phi) is 5.79. The highest BCUT2D eigenvalue weighted by molar-refractivity contribution is 7.80. The number of benzene rings is 2. The molecular weight excluding hydrogens is 348 g/mol. The molecule has 130 valence electrons.